The predicted octanol–water partition coefficient (Wildman–Crippen LogP) is -0.475. The van der Waals surface area contributed by atoms with Gasteiger partial charge in [-0.25, -0.2) is 0 Å². The van der Waals surface area contributed by atoms with Crippen LogP contribution in [0.3, 0.4) is 0 Å². The Morgan fingerprint density at radius 3 is 1.25 bits per heavy atom. The van der Waals surface area contributed by atoms with Gasteiger partial charge in [-0.2, -0.15) is 0 Å². The van der Waals surface area contributed by atoms with Crippen LogP contribution in [0, 0.1) is 0 Å². The van der Waals surface area contributed by atoms with Crippen LogP contribution in [0.15, 0.2) is 0 Å². The first-order chi connectivity index (χ1) is 3.55. The van der Waals surface area contributed by atoms with Crippen molar-refractivity contribution in [2.45, 2.75) is 0 Å². The normalized spacial score (nSPS) is 11.9. The van der Waals surface area contributed by atoms with E-state index in [1.54, 1.807) is 7.83 Å². The molecule has 0 saturated heterocycles. The molecule has 0 rings (SSSR count). The van der Waals surface area contributed by atoms with E-state index in [2.05, 4.69) is 0 Å². The third kappa shape index (κ3) is 2.52. The summed E-state index contributed by atoms with van der Waals surface area (Å²) in [4.78, 5) is 0. The van der Waals surface area contributed by atoms with E-state index in [-0.39, 0.29) is 0 Å². The van der Waals surface area contributed by atoms with Gasteiger partial charge in [0, 0.05) is 0 Å². The first kappa shape index (κ1) is 8.24. The van der Waals surface area contributed by atoms with Crippen molar-refractivity contribution >= 4 is 14.3 Å². The van der Waals surface area contributed by atoms with Crippen molar-refractivity contribution in [1.82, 2.24) is 7.83 Å². The van der Waals surface area contributed by atoms with Crippen molar-refractivity contribution in [2.75, 3.05) is 28.2 Å². The summed E-state index contributed by atoms with van der Waals surface area (Å²) in [6, 6.07) is 0. The Balaban J connectivity index is 3.65. The summed E-state index contributed by atoms with van der Waals surface area (Å²) in [7, 11) is 7.27. The molecule has 0 heterocycles. The molecule has 3 nitrogen and oxygen atoms in total. The van der Waals surface area contributed by atoms with E-state index in [0.29, 0.717) is 0 Å². The third-order valence-corrected chi connectivity index (χ3v) is 3.25. The molecule has 0 aliphatic carbocycles. The summed E-state index contributed by atoms with van der Waals surface area (Å²) < 4.78 is 14.4. The summed E-state index contributed by atoms with van der Waals surface area (Å²) in [5, 5.41) is 0. The van der Waals surface area contributed by atoms with Gasteiger partial charge in [-0.3, -0.25) is 0 Å². The molecule has 0 aliphatic rings. The standard InChI is InChI=1S/C4H12N2OSe/c1-5(2)8(7)6(3)4/h1-4H3. The van der Waals surface area contributed by atoms with Crippen molar-refractivity contribution in [3.63, 3.8) is 0 Å². The summed E-state index contributed by atoms with van der Waals surface area (Å²) >= 11 is -1.81. The minimum atomic E-state index is -1.81. The third-order valence-electron chi connectivity index (χ3n) is 0.625. The summed E-state index contributed by atoms with van der Waals surface area (Å²) in [6.45, 7) is 0. The molecule has 0 fully saturated rings. The Morgan fingerprint density at radius 1 is 1.00 bits per heavy atom. The topological polar surface area (TPSA) is 23.6 Å². The van der Waals surface area contributed by atoms with E-state index in [9.17, 15) is 3.83 Å². The van der Waals surface area contributed by atoms with Crippen LogP contribution in [0.5, 0.6) is 0 Å². The van der Waals surface area contributed by atoms with Crippen molar-refractivity contribution in [2.24, 2.45) is 0 Å². The van der Waals surface area contributed by atoms with E-state index in [4.69, 9.17) is 0 Å². The molecule has 0 aromatic heterocycles. The van der Waals surface area contributed by atoms with Gasteiger partial charge in [0.25, 0.3) is 0 Å². The van der Waals surface area contributed by atoms with Crippen LogP contribution in [0.25, 0.3) is 0 Å². The molecule has 0 radical (unpaired) electrons. The Labute approximate surface area is 54.8 Å². The molecule has 8 heavy (non-hydrogen) atoms. The van der Waals surface area contributed by atoms with E-state index < -0.39 is 14.3 Å². The summed E-state index contributed by atoms with van der Waals surface area (Å²) in [5.74, 6) is 0. The van der Waals surface area contributed by atoms with Crippen molar-refractivity contribution in [3.05, 3.63) is 0 Å². The first-order valence-corrected chi connectivity index (χ1v) is 4.55. The molecule has 50 valence electrons. The molecule has 0 bridgehead atoms. The van der Waals surface area contributed by atoms with Crippen LogP contribution in [0.1, 0.15) is 0 Å². The molecule has 0 aromatic carbocycles. The van der Waals surface area contributed by atoms with E-state index in [0.717, 1.165) is 0 Å². The van der Waals surface area contributed by atoms with E-state index in [1.165, 1.54) is 0 Å². The van der Waals surface area contributed by atoms with Crippen LogP contribution >= 0.6 is 0 Å². The van der Waals surface area contributed by atoms with Crippen molar-refractivity contribution in [1.29, 1.82) is 0 Å². The molecule has 0 amide bonds. The quantitative estimate of drug-likeness (QED) is 0.540. The Bertz CT molecular complexity index is 82.0. The van der Waals surface area contributed by atoms with Gasteiger partial charge in [0.1, 0.15) is 0 Å². The number of hydrogen-bond donors (Lipinski definition) is 0. The zero-order chi connectivity index (χ0) is 6.73. The van der Waals surface area contributed by atoms with Crippen LogP contribution in [-0.2, 0) is 3.83 Å². The fraction of sp³-hybridized carbons (Fsp3) is 1.00. The number of rotatable bonds is 2. The molecular weight excluding hydrogens is 171 g/mol. The molecule has 0 atom stereocenters. The van der Waals surface area contributed by atoms with Gasteiger partial charge in [0.2, 0.25) is 0 Å². The Hall–Kier alpha value is 0.239. The second-order valence-corrected chi connectivity index (χ2v) is 5.89. The first-order valence-electron chi connectivity index (χ1n) is 2.32. The molecule has 0 aromatic rings. The zero-order valence-electron chi connectivity index (χ0n) is 5.71. The van der Waals surface area contributed by atoms with Crippen LogP contribution in [0.4, 0.5) is 0 Å². The average Bonchev–Trinajstić information content (AvgIpc) is 1.64. The van der Waals surface area contributed by atoms with Gasteiger partial charge >= 0.3 is 54.1 Å². The van der Waals surface area contributed by atoms with E-state index in [1.807, 2.05) is 28.2 Å². The van der Waals surface area contributed by atoms with Crippen LogP contribution < -0.4 is 0 Å². The summed E-state index contributed by atoms with van der Waals surface area (Å²) in [5.41, 5.74) is 0. The van der Waals surface area contributed by atoms with Gasteiger partial charge in [0.15, 0.2) is 0 Å². The second-order valence-electron chi connectivity index (χ2n) is 1.86. The van der Waals surface area contributed by atoms with Gasteiger partial charge in [-0.05, 0) is 0 Å². The van der Waals surface area contributed by atoms with Gasteiger partial charge in [-0.1, -0.05) is 0 Å². The van der Waals surface area contributed by atoms with Crippen molar-refractivity contribution < 1.29 is 3.83 Å². The minimum absolute atomic E-state index is 1.74. The van der Waals surface area contributed by atoms with Gasteiger partial charge in [-0.15, -0.1) is 0 Å². The second kappa shape index (κ2) is 3.30. The molecule has 0 spiro atoms. The van der Waals surface area contributed by atoms with E-state index >= 15 is 0 Å². The molecule has 0 aliphatic heterocycles. The molecular formula is C4H12N2OSe. The monoisotopic (exact) mass is 184 g/mol. The van der Waals surface area contributed by atoms with Crippen LogP contribution in [0.2, 0.25) is 0 Å². The van der Waals surface area contributed by atoms with Gasteiger partial charge < -0.3 is 0 Å². The fourth-order valence-corrected chi connectivity index (χ4v) is 1.70. The average molecular weight is 183 g/mol. The molecule has 4 heteroatoms. The molecule has 0 unspecified atom stereocenters. The Kier molecular flexibility index (Phi) is 3.40. The number of nitrogens with zero attached hydrogens (tertiary/aromatic N) is 2. The zero-order valence-corrected chi connectivity index (χ0v) is 7.42. The SMILES string of the molecule is CN(C)[Se](=O)N(C)C. The van der Waals surface area contributed by atoms with Gasteiger partial charge in [0.05, 0.1) is 0 Å². The van der Waals surface area contributed by atoms with Crippen LogP contribution in [-0.4, -0.2) is 50.3 Å². The molecule has 0 N–H and O–H groups in total. The maximum absolute atomic E-state index is 10.9. The number of hydrogen-bond acceptors (Lipinski definition) is 1. The predicted molar refractivity (Wildman–Crippen MR) is 33.8 cm³/mol. The maximum atomic E-state index is 10.9. The molecule has 0 saturated carbocycles. The van der Waals surface area contributed by atoms with Crippen molar-refractivity contribution in [3.8, 4) is 0 Å². The summed E-state index contributed by atoms with van der Waals surface area (Å²) in [6.07, 6.45) is 0. The fourth-order valence-electron chi connectivity index (χ4n) is 0.327. The Morgan fingerprint density at radius 2 is 1.25 bits per heavy atom.